The van der Waals surface area contributed by atoms with Gasteiger partial charge in [-0.1, -0.05) is 0 Å². The minimum absolute atomic E-state index is 0.294. The van der Waals surface area contributed by atoms with Gasteiger partial charge < -0.3 is 15.2 Å². The largest absolute Gasteiger partial charge is 0.478 e. The van der Waals surface area contributed by atoms with Crippen LogP contribution in [-0.2, 0) is 14.3 Å². The zero-order chi connectivity index (χ0) is 14.6. The van der Waals surface area contributed by atoms with Gasteiger partial charge in [0.2, 0.25) is 5.91 Å². The number of methoxy groups -OCH3 is 1. The molecule has 19 heavy (non-hydrogen) atoms. The van der Waals surface area contributed by atoms with Crippen molar-refractivity contribution in [2.45, 2.75) is 13.8 Å². The van der Waals surface area contributed by atoms with Crippen molar-refractivity contribution in [1.82, 2.24) is 0 Å². The average Bonchev–Trinajstić information content (AvgIpc) is 2.61. The molecule has 2 N–H and O–H groups in total. The molecule has 0 aliphatic carbocycles. The Morgan fingerprint density at radius 1 is 1.26 bits per heavy atom. The monoisotopic (exact) mass is 283 g/mol. The Balaban J connectivity index is 3.02. The van der Waals surface area contributed by atoms with Crippen LogP contribution in [0.25, 0.3) is 0 Å². The van der Waals surface area contributed by atoms with Crippen molar-refractivity contribution in [2.75, 3.05) is 12.4 Å². The zero-order valence-corrected chi connectivity index (χ0v) is 11.5. The van der Waals surface area contributed by atoms with Crippen molar-refractivity contribution < 1.29 is 24.2 Å². The number of thiophene rings is 1. The highest BCUT2D eigenvalue weighted by atomic mass is 32.1. The molecule has 0 spiro atoms. The minimum Gasteiger partial charge on any atom is -0.478 e. The number of rotatable bonds is 4. The predicted molar refractivity (Wildman–Crippen MR) is 70.5 cm³/mol. The van der Waals surface area contributed by atoms with Crippen LogP contribution in [0.5, 0.6) is 0 Å². The number of amides is 1. The van der Waals surface area contributed by atoms with E-state index in [4.69, 9.17) is 5.11 Å². The maximum atomic E-state index is 11.6. The van der Waals surface area contributed by atoms with E-state index in [0.717, 1.165) is 22.6 Å². The molecule has 1 heterocycles. The molecule has 7 heteroatoms. The van der Waals surface area contributed by atoms with Crippen LogP contribution in [0, 0.1) is 13.8 Å². The van der Waals surface area contributed by atoms with Gasteiger partial charge in [-0.3, -0.25) is 4.79 Å². The van der Waals surface area contributed by atoms with Crippen LogP contribution < -0.4 is 5.32 Å². The number of aliphatic carboxylic acids is 1. The van der Waals surface area contributed by atoms with Crippen molar-refractivity contribution in [1.29, 1.82) is 0 Å². The first-order valence-corrected chi connectivity index (χ1v) is 6.08. The smallest absolute Gasteiger partial charge is 0.341 e. The molecule has 0 saturated heterocycles. The quantitative estimate of drug-likeness (QED) is 0.648. The Morgan fingerprint density at radius 2 is 1.89 bits per heavy atom. The fourth-order valence-electron chi connectivity index (χ4n) is 1.36. The Bertz CT molecular complexity index is 559. The minimum atomic E-state index is -1.22. The van der Waals surface area contributed by atoms with Crippen LogP contribution in [-0.4, -0.2) is 30.1 Å². The van der Waals surface area contributed by atoms with E-state index in [0.29, 0.717) is 10.6 Å². The van der Waals surface area contributed by atoms with Crippen molar-refractivity contribution in [2.24, 2.45) is 0 Å². The predicted octanol–water partition coefficient (Wildman–Crippen LogP) is 1.73. The van der Waals surface area contributed by atoms with Crippen LogP contribution in [0.4, 0.5) is 5.00 Å². The molecule has 0 fully saturated rings. The highest BCUT2D eigenvalue weighted by molar-refractivity contribution is 7.16. The molecule has 0 bridgehead atoms. The summed E-state index contributed by atoms with van der Waals surface area (Å²) in [7, 11) is 1.25. The van der Waals surface area contributed by atoms with Gasteiger partial charge in [0.25, 0.3) is 0 Å². The van der Waals surface area contributed by atoms with Crippen LogP contribution in [0.1, 0.15) is 20.8 Å². The number of carboxylic acid groups (broad SMARTS) is 1. The first-order valence-electron chi connectivity index (χ1n) is 5.27. The van der Waals surface area contributed by atoms with Gasteiger partial charge in [-0.05, 0) is 19.4 Å². The lowest BCUT2D eigenvalue weighted by molar-refractivity contribution is -0.131. The second kappa shape index (κ2) is 6.14. The Kier molecular flexibility index (Phi) is 4.82. The van der Waals surface area contributed by atoms with Crippen molar-refractivity contribution in [3.8, 4) is 0 Å². The number of carboxylic acids is 1. The van der Waals surface area contributed by atoms with E-state index in [1.165, 1.54) is 18.4 Å². The molecule has 1 aromatic rings. The molecule has 0 atom stereocenters. The van der Waals surface area contributed by atoms with Crippen LogP contribution >= 0.6 is 11.3 Å². The van der Waals surface area contributed by atoms with E-state index < -0.39 is 17.8 Å². The van der Waals surface area contributed by atoms with Gasteiger partial charge in [0.1, 0.15) is 5.00 Å². The van der Waals surface area contributed by atoms with E-state index in [-0.39, 0.29) is 0 Å². The molecule has 1 aromatic heterocycles. The van der Waals surface area contributed by atoms with E-state index in [1.54, 1.807) is 6.92 Å². The summed E-state index contributed by atoms with van der Waals surface area (Å²) in [6.07, 6.45) is 1.61. The van der Waals surface area contributed by atoms with Gasteiger partial charge in [0.15, 0.2) is 0 Å². The van der Waals surface area contributed by atoms with Gasteiger partial charge in [0.05, 0.1) is 12.7 Å². The number of aryl methyl sites for hydroxylation is 1. The molecule has 1 rings (SSSR count). The van der Waals surface area contributed by atoms with Crippen molar-refractivity contribution >= 4 is 34.2 Å². The normalized spacial score (nSPS) is 10.5. The summed E-state index contributed by atoms with van der Waals surface area (Å²) in [4.78, 5) is 34.3. The number of nitrogens with one attached hydrogen (secondary N) is 1. The molecular formula is C12H13NO5S. The van der Waals surface area contributed by atoms with Crippen LogP contribution in [0.2, 0.25) is 0 Å². The van der Waals surface area contributed by atoms with Gasteiger partial charge >= 0.3 is 11.9 Å². The summed E-state index contributed by atoms with van der Waals surface area (Å²) in [5.41, 5.74) is 1.02. The first kappa shape index (κ1) is 14.9. The maximum absolute atomic E-state index is 11.6. The van der Waals surface area contributed by atoms with E-state index >= 15 is 0 Å². The number of anilines is 1. The van der Waals surface area contributed by atoms with Crippen LogP contribution in [0.3, 0.4) is 0 Å². The lowest BCUT2D eigenvalue weighted by Crippen LogP contribution is -2.12. The third-order valence-corrected chi connectivity index (χ3v) is 3.51. The van der Waals surface area contributed by atoms with Gasteiger partial charge in [-0.15, -0.1) is 11.3 Å². The number of carbonyl (C=O) groups excluding carboxylic acids is 2. The van der Waals surface area contributed by atoms with Gasteiger partial charge in [0, 0.05) is 17.0 Å². The van der Waals surface area contributed by atoms with Gasteiger partial charge in [-0.2, -0.15) is 0 Å². The summed E-state index contributed by atoms with van der Waals surface area (Å²) in [5, 5.41) is 11.2. The highest BCUT2D eigenvalue weighted by Crippen LogP contribution is 2.32. The number of hydrogen-bond acceptors (Lipinski definition) is 5. The lowest BCUT2D eigenvalue weighted by Gasteiger charge is -2.03. The molecule has 6 nitrogen and oxygen atoms in total. The van der Waals surface area contributed by atoms with E-state index in [1.807, 2.05) is 6.92 Å². The highest BCUT2D eigenvalue weighted by Gasteiger charge is 2.20. The average molecular weight is 283 g/mol. The molecule has 0 aromatic carbocycles. The number of esters is 1. The third-order valence-electron chi connectivity index (χ3n) is 2.39. The zero-order valence-electron chi connectivity index (χ0n) is 10.6. The van der Waals surface area contributed by atoms with Crippen molar-refractivity contribution in [3.05, 3.63) is 28.2 Å². The fourth-order valence-corrected chi connectivity index (χ4v) is 2.41. The second-order valence-corrected chi connectivity index (χ2v) is 4.86. The Morgan fingerprint density at radius 3 is 2.42 bits per heavy atom. The number of ether oxygens (including phenoxy) is 1. The SMILES string of the molecule is COC(=O)c1c(NC(=O)/C=C\C(=O)O)sc(C)c1C. The lowest BCUT2D eigenvalue weighted by atomic mass is 10.1. The maximum Gasteiger partial charge on any atom is 0.341 e. The van der Waals surface area contributed by atoms with Gasteiger partial charge in [-0.25, -0.2) is 9.59 Å². The Hall–Kier alpha value is -2.15. The summed E-state index contributed by atoms with van der Waals surface area (Å²) >= 11 is 1.23. The molecule has 0 saturated carbocycles. The van der Waals surface area contributed by atoms with E-state index in [2.05, 4.69) is 10.1 Å². The molecule has 0 radical (unpaired) electrons. The molecule has 0 aliphatic rings. The second-order valence-electron chi connectivity index (χ2n) is 3.64. The molecular weight excluding hydrogens is 270 g/mol. The third kappa shape index (κ3) is 3.65. The topological polar surface area (TPSA) is 92.7 Å². The molecule has 0 unspecified atom stereocenters. The number of carbonyl (C=O) groups is 3. The first-order chi connectivity index (χ1) is 8.86. The standard InChI is InChI=1S/C12H13NO5S/c1-6-7(2)19-11(10(6)12(17)18-3)13-8(14)4-5-9(15)16/h4-5H,1-3H3,(H,13,14)(H,15,16)/b5-4-. The number of hydrogen-bond donors (Lipinski definition) is 2. The summed E-state index contributed by atoms with van der Waals surface area (Å²) in [6, 6.07) is 0. The van der Waals surface area contributed by atoms with Crippen molar-refractivity contribution in [3.63, 3.8) is 0 Å². The fraction of sp³-hybridized carbons (Fsp3) is 0.250. The van der Waals surface area contributed by atoms with Crippen LogP contribution in [0.15, 0.2) is 12.2 Å². The molecule has 1 amide bonds. The van der Waals surface area contributed by atoms with E-state index in [9.17, 15) is 14.4 Å². The molecule has 102 valence electrons. The summed E-state index contributed by atoms with van der Waals surface area (Å²) in [6.45, 7) is 3.57. The molecule has 0 aliphatic heterocycles. The summed E-state index contributed by atoms with van der Waals surface area (Å²) < 4.78 is 4.66. The Labute approximate surface area is 113 Å². The summed E-state index contributed by atoms with van der Waals surface area (Å²) in [5.74, 6) is -2.38.